The van der Waals surface area contributed by atoms with E-state index in [-0.39, 0.29) is 0 Å². The van der Waals surface area contributed by atoms with Gasteiger partial charge in [-0.2, -0.15) is 0 Å². The molecule has 1 saturated carbocycles. The Balaban J connectivity index is 2.22. The van der Waals surface area contributed by atoms with E-state index in [4.69, 9.17) is 5.11 Å². The van der Waals surface area contributed by atoms with Gasteiger partial charge in [0.15, 0.2) is 0 Å². The minimum Gasteiger partial charge on any atom is -0.481 e. The van der Waals surface area contributed by atoms with E-state index in [1.165, 1.54) is 25.2 Å². The predicted molar refractivity (Wildman–Crippen MR) is 58.4 cm³/mol. The second-order valence-electron chi connectivity index (χ2n) is 4.64. The van der Waals surface area contributed by atoms with Crippen molar-refractivity contribution in [3.8, 4) is 0 Å². The lowest BCUT2D eigenvalue weighted by molar-refractivity contribution is -0.142. The number of rotatable bonds is 5. The normalized spacial score (nSPS) is 22.3. The molecular weight excluding hydrogens is 192 g/mol. The highest BCUT2D eigenvalue weighted by molar-refractivity contribution is 5.69. The molecule has 3 heteroatoms. The van der Waals surface area contributed by atoms with Crippen LogP contribution in [0.4, 0.5) is 0 Å². The molecule has 0 spiro atoms. The lowest BCUT2D eigenvalue weighted by Gasteiger charge is -2.24. The van der Waals surface area contributed by atoms with Gasteiger partial charge in [0.05, 0.1) is 12.0 Å². The summed E-state index contributed by atoms with van der Waals surface area (Å²) in [6.07, 6.45) is 6.62. The molecule has 0 aromatic heterocycles. The summed E-state index contributed by atoms with van der Waals surface area (Å²) in [4.78, 5) is 10.6. The first-order valence-corrected chi connectivity index (χ1v) is 5.84. The molecule has 0 saturated heterocycles. The summed E-state index contributed by atoms with van der Waals surface area (Å²) in [5.41, 5.74) is 0. The number of aliphatic hydroxyl groups is 1. The van der Waals surface area contributed by atoms with Crippen molar-refractivity contribution in [1.29, 1.82) is 0 Å². The highest BCUT2D eigenvalue weighted by Gasteiger charge is 2.21. The topological polar surface area (TPSA) is 57.5 Å². The van der Waals surface area contributed by atoms with E-state index in [1.54, 1.807) is 6.92 Å². The van der Waals surface area contributed by atoms with Crippen molar-refractivity contribution >= 4 is 5.97 Å². The second-order valence-corrected chi connectivity index (χ2v) is 4.64. The van der Waals surface area contributed by atoms with Crippen molar-refractivity contribution < 1.29 is 15.0 Å². The molecule has 1 rings (SSSR count). The Morgan fingerprint density at radius 3 is 2.47 bits per heavy atom. The average Bonchev–Trinajstić information content (AvgIpc) is 2.18. The Labute approximate surface area is 91.5 Å². The number of carboxylic acid groups (broad SMARTS) is 1. The maximum Gasteiger partial charge on any atom is 0.306 e. The highest BCUT2D eigenvalue weighted by Crippen LogP contribution is 2.30. The molecule has 87 valence electrons. The Morgan fingerprint density at radius 2 is 1.93 bits per heavy atom. The Hall–Kier alpha value is -0.570. The number of hydrogen-bond acceptors (Lipinski definition) is 2. The van der Waals surface area contributed by atoms with Crippen molar-refractivity contribution in [3.63, 3.8) is 0 Å². The third-order valence-electron chi connectivity index (χ3n) is 3.13. The first-order valence-electron chi connectivity index (χ1n) is 5.84. The Kier molecular flexibility index (Phi) is 5.09. The maximum atomic E-state index is 10.6. The summed E-state index contributed by atoms with van der Waals surface area (Å²) in [6, 6.07) is 0. The van der Waals surface area contributed by atoms with Crippen molar-refractivity contribution in [1.82, 2.24) is 0 Å². The number of aliphatic carboxylic acids is 1. The lowest BCUT2D eigenvalue weighted by Crippen LogP contribution is -2.21. The molecule has 1 radical (unpaired) electrons. The quantitative estimate of drug-likeness (QED) is 0.737. The van der Waals surface area contributed by atoms with Crippen LogP contribution in [0.3, 0.4) is 0 Å². The van der Waals surface area contributed by atoms with Crippen LogP contribution in [-0.2, 0) is 4.79 Å². The zero-order valence-corrected chi connectivity index (χ0v) is 9.41. The summed E-state index contributed by atoms with van der Waals surface area (Å²) in [6.45, 7) is 1.65. The van der Waals surface area contributed by atoms with Crippen LogP contribution in [0.5, 0.6) is 0 Å². The zero-order chi connectivity index (χ0) is 11.3. The first-order chi connectivity index (χ1) is 7.09. The molecule has 0 heterocycles. The van der Waals surface area contributed by atoms with Gasteiger partial charge in [-0.3, -0.25) is 4.79 Å². The van der Waals surface area contributed by atoms with Gasteiger partial charge in [-0.15, -0.1) is 0 Å². The van der Waals surface area contributed by atoms with Gasteiger partial charge in [-0.05, 0) is 31.6 Å². The summed E-state index contributed by atoms with van der Waals surface area (Å²) in [7, 11) is 0. The van der Waals surface area contributed by atoms with E-state index < -0.39 is 18.0 Å². The fourth-order valence-electron chi connectivity index (χ4n) is 2.18. The molecule has 1 fully saturated rings. The van der Waals surface area contributed by atoms with Crippen molar-refractivity contribution in [2.24, 2.45) is 5.92 Å². The molecule has 15 heavy (non-hydrogen) atoms. The average molecular weight is 213 g/mol. The number of carbonyl (C=O) groups is 1. The molecule has 0 amide bonds. The van der Waals surface area contributed by atoms with Gasteiger partial charge in [0.25, 0.3) is 0 Å². The summed E-state index contributed by atoms with van der Waals surface area (Å²) in [5.74, 6) is 0.165. The van der Waals surface area contributed by atoms with Crippen LogP contribution in [0, 0.1) is 11.8 Å². The third-order valence-corrected chi connectivity index (χ3v) is 3.13. The largest absolute Gasteiger partial charge is 0.481 e. The third kappa shape index (κ3) is 4.65. The monoisotopic (exact) mass is 213 g/mol. The number of aliphatic hydroxyl groups excluding tert-OH is 1. The molecule has 0 aliphatic heterocycles. The molecule has 0 aromatic carbocycles. The van der Waals surface area contributed by atoms with Crippen LogP contribution in [0.1, 0.15) is 51.9 Å². The van der Waals surface area contributed by atoms with Gasteiger partial charge < -0.3 is 10.2 Å². The predicted octanol–water partition coefficient (Wildman–Crippen LogP) is 2.39. The Bertz CT molecular complexity index is 197. The van der Waals surface area contributed by atoms with Crippen molar-refractivity contribution in [3.05, 3.63) is 5.92 Å². The standard InChI is InChI=1S/C12H21O3/c1-9(12(14)15)7-11(13)8-10-5-3-2-4-6-10/h9,11,13H,2-8H2,1H3,(H,14,15). The summed E-state index contributed by atoms with van der Waals surface area (Å²) >= 11 is 0. The highest BCUT2D eigenvalue weighted by atomic mass is 16.4. The molecule has 2 unspecified atom stereocenters. The first kappa shape index (κ1) is 12.5. The summed E-state index contributed by atoms with van der Waals surface area (Å²) in [5, 5.41) is 18.5. The molecular formula is C12H21O3. The zero-order valence-electron chi connectivity index (χ0n) is 9.41. The van der Waals surface area contributed by atoms with Gasteiger partial charge in [-0.1, -0.05) is 26.2 Å². The number of carboxylic acids is 1. The molecule has 1 aliphatic carbocycles. The van der Waals surface area contributed by atoms with Crippen LogP contribution in [-0.4, -0.2) is 22.3 Å². The van der Waals surface area contributed by atoms with Crippen LogP contribution >= 0.6 is 0 Å². The van der Waals surface area contributed by atoms with Crippen LogP contribution in [0.25, 0.3) is 0 Å². The SMILES string of the molecule is CC(CC(O)C[C]1CCCCC1)C(=O)O. The molecule has 3 nitrogen and oxygen atoms in total. The Morgan fingerprint density at radius 1 is 1.33 bits per heavy atom. The van der Waals surface area contributed by atoms with E-state index >= 15 is 0 Å². The van der Waals surface area contributed by atoms with Gasteiger partial charge >= 0.3 is 5.97 Å². The number of hydrogen-bond donors (Lipinski definition) is 2. The van der Waals surface area contributed by atoms with Crippen LogP contribution in [0.2, 0.25) is 0 Å². The minimum atomic E-state index is -0.817. The van der Waals surface area contributed by atoms with Gasteiger partial charge in [-0.25, -0.2) is 0 Å². The second kappa shape index (κ2) is 6.11. The van der Waals surface area contributed by atoms with E-state index in [9.17, 15) is 9.90 Å². The van der Waals surface area contributed by atoms with Crippen molar-refractivity contribution in [2.75, 3.05) is 0 Å². The van der Waals surface area contributed by atoms with E-state index in [1.807, 2.05) is 0 Å². The lowest BCUT2D eigenvalue weighted by atomic mass is 9.84. The van der Waals surface area contributed by atoms with E-state index in [2.05, 4.69) is 0 Å². The maximum absolute atomic E-state index is 10.6. The van der Waals surface area contributed by atoms with Crippen molar-refractivity contribution in [2.45, 2.75) is 58.0 Å². The molecule has 1 aliphatic rings. The minimum absolute atomic E-state index is 0.374. The van der Waals surface area contributed by atoms with E-state index in [0.717, 1.165) is 12.8 Å². The fourth-order valence-corrected chi connectivity index (χ4v) is 2.18. The summed E-state index contributed by atoms with van der Waals surface area (Å²) < 4.78 is 0. The fraction of sp³-hybridized carbons (Fsp3) is 0.833. The molecule has 2 atom stereocenters. The van der Waals surface area contributed by atoms with Gasteiger partial charge in [0.1, 0.15) is 0 Å². The van der Waals surface area contributed by atoms with Crippen LogP contribution in [0.15, 0.2) is 0 Å². The molecule has 2 N–H and O–H groups in total. The molecule has 0 aromatic rings. The van der Waals surface area contributed by atoms with E-state index in [0.29, 0.717) is 12.8 Å². The van der Waals surface area contributed by atoms with Crippen LogP contribution < -0.4 is 0 Å². The molecule has 0 bridgehead atoms. The van der Waals surface area contributed by atoms with Gasteiger partial charge in [0, 0.05) is 0 Å². The smallest absolute Gasteiger partial charge is 0.306 e. The van der Waals surface area contributed by atoms with Gasteiger partial charge in [0.2, 0.25) is 0 Å².